The second kappa shape index (κ2) is 12.3. The van der Waals surface area contributed by atoms with Crippen LogP contribution in [0.25, 0.3) is 0 Å². The number of benzene rings is 5. The molecule has 2 atom stereocenters. The van der Waals surface area contributed by atoms with Gasteiger partial charge in [-0.1, -0.05) is 127 Å². The Balaban J connectivity index is 1.74. The smallest absolute Gasteiger partial charge is 0.244 e. The molecule has 0 spiro atoms. The van der Waals surface area contributed by atoms with Crippen LogP contribution >= 0.6 is 7.92 Å². The van der Waals surface area contributed by atoms with E-state index < -0.39 is 27.7 Å². The summed E-state index contributed by atoms with van der Waals surface area (Å²) in [5.74, 6) is 0.0433. The van der Waals surface area contributed by atoms with Gasteiger partial charge in [0.05, 0.1) is 14.6 Å². The topological polar surface area (TPSA) is 63.6 Å². The molecule has 1 unspecified atom stereocenters. The Morgan fingerprint density at radius 1 is 0.575 bits per heavy atom. The maximum absolute atomic E-state index is 15.1. The third-order valence-corrected chi connectivity index (χ3v) is 14.1. The minimum absolute atomic E-state index is 0.0337. The molecule has 7 heteroatoms. The first-order valence-electron chi connectivity index (χ1n) is 12.9. The average molecular weight is 584 g/mol. The number of hydrogen-bond donors (Lipinski definition) is 0. The highest BCUT2D eigenvalue weighted by Gasteiger charge is 2.32. The van der Waals surface area contributed by atoms with Crippen LogP contribution in [0.3, 0.4) is 0 Å². The molecule has 0 aliphatic rings. The highest BCUT2D eigenvalue weighted by molar-refractivity contribution is 8.03. The number of sulfonamides is 1. The van der Waals surface area contributed by atoms with E-state index >= 15 is 4.21 Å². The van der Waals surface area contributed by atoms with Crippen molar-refractivity contribution in [2.45, 2.75) is 22.4 Å². The minimum atomic E-state index is -4.21. The maximum Gasteiger partial charge on any atom is 0.290 e. The molecule has 0 aromatic heterocycles. The molecule has 0 amide bonds. The Hall–Kier alpha value is -3.57. The Kier molecular flexibility index (Phi) is 8.60. The van der Waals surface area contributed by atoms with Crippen molar-refractivity contribution in [2.75, 3.05) is 5.75 Å². The van der Waals surface area contributed by atoms with Crippen LogP contribution in [0, 0.1) is 6.92 Å². The SMILES string of the molecule is Cc1ccc(S(=O)(=O)N=S(=O)(C[C@@H](c2ccccc2)P(c2ccccc2)c2ccccc2)c2ccccc2)cc1. The summed E-state index contributed by atoms with van der Waals surface area (Å²) in [7, 11) is -8.73. The molecule has 40 heavy (non-hydrogen) atoms. The zero-order valence-corrected chi connectivity index (χ0v) is 24.6. The summed E-state index contributed by atoms with van der Waals surface area (Å²) in [5.41, 5.74) is 1.65. The summed E-state index contributed by atoms with van der Waals surface area (Å²) in [4.78, 5) is 0.439. The van der Waals surface area contributed by atoms with Gasteiger partial charge in [0.1, 0.15) is 0 Å². The van der Waals surface area contributed by atoms with Crippen LogP contribution in [0.15, 0.2) is 159 Å². The van der Waals surface area contributed by atoms with Gasteiger partial charge in [0, 0.05) is 16.3 Å². The van der Waals surface area contributed by atoms with Crippen molar-refractivity contribution < 1.29 is 12.6 Å². The number of rotatable bonds is 9. The second-order valence-electron chi connectivity index (χ2n) is 9.45. The van der Waals surface area contributed by atoms with Crippen molar-refractivity contribution in [3.05, 3.63) is 157 Å². The molecule has 0 aliphatic heterocycles. The lowest BCUT2D eigenvalue weighted by Crippen LogP contribution is -2.23. The van der Waals surface area contributed by atoms with Crippen molar-refractivity contribution in [2.24, 2.45) is 3.77 Å². The Morgan fingerprint density at radius 2 is 1.02 bits per heavy atom. The predicted octanol–water partition coefficient (Wildman–Crippen LogP) is 7.09. The van der Waals surface area contributed by atoms with Gasteiger partial charge in [-0.25, -0.2) is 4.21 Å². The van der Waals surface area contributed by atoms with E-state index in [-0.39, 0.29) is 16.3 Å². The molecule has 0 saturated heterocycles. The largest absolute Gasteiger partial charge is 0.290 e. The lowest BCUT2D eigenvalue weighted by molar-refractivity contribution is 0.598. The molecular formula is C33H30NO3PS2. The van der Waals surface area contributed by atoms with Crippen molar-refractivity contribution in [3.63, 3.8) is 0 Å². The zero-order valence-electron chi connectivity index (χ0n) is 22.1. The maximum atomic E-state index is 15.1. The van der Waals surface area contributed by atoms with Gasteiger partial charge in [-0.15, -0.1) is 3.77 Å². The Labute approximate surface area is 238 Å². The lowest BCUT2D eigenvalue weighted by Gasteiger charge is -2.30. The first-order chi connectivity index (χ1) is 19.4. The van der Waals surface area contributed by atoms with E-state index in [0.29, 0.717) is 4.90 Å². The van der Waals surface area contributed by atoms with Crippen LogP contribution in [-0.2, 0) is 19.8 Å². The number of nitrogens with zero attached hydrogens (tertiary/aromatic N) is 1. The molecule has 0 saturated carbocycles. The Bertz CT molecular complexity index is 1730. The van der Waals surface area contributed by atoms with Crippen LogP contribution in [0.1, 0.15) is 16.8 Å². The van der Waals surface area contributed by atoms with E-state index in [9.17, 15) is 8.42 Å². The third kappa shape index (κ3) is 6.42. The summed E-state index contributed by atoms with van der Waals surface area (Å²) in [6.07, 6.45) is 0. The first kappa shape index (κ1) is 28.0. The van der Waals surface area contributed by atoms with E-state index in [0.717, 1.165) is 21.7 Å². The van der Waals surface area contributed by atoms with Gasteiger partial charge < -0.3 is 0 Å². The quantitative estimate of drug-likeness (QED) is 0.174. The van der Waals surface area contributed by atoms with Crippen molar-refractivity contribution in [1.29, 1.82) is 0 Å². The summed E-state index contributed by atoms with van der Waals surface area (Å²) in [6.45, 7) is 1.89. The molecule has 0 aliphatic carbocycles. The van der Waals surface area contributed by atoms with E-state index in [1.165, 1.54) is 12.1 Å². The molecule has 0 radical (unpaired) electrons. The fourth-order valence-corrected chi connectivity index (χ4v) is 12.4. The van der Waals surface area contributed by atoms with Crippen LogP contribution in [0.5, 0.6) is 0 Å². The first-order valence-corrected chi connectivity index (χ1v) is 17.5. The van der Waals surface area contributed by atoms with Crippen LogP contribution in [0.4, 0.5) is 0 Å². The number of aryl methyl sites for hydroxylation is 1. The predicted molar refractivity (Wildman–Crippen MR) is 167 cm³/mol. The van der Waals surface area contributed by atoms with Gasteiger partial charge >= 0.3 is 0 Å². The van der Waals surface area contributed by atoms with Gasteiger partial charge in [0.15, 0.2) is 0 Å². The van der Waals surface area contributed by atoms with E-state index in [1.54, 1.807) is 36.4 Å². The van der Waals surface area contributed by atoms with Gasteiger partial charge in [0.2, 0.25) is 0 Å². The molecule has 0 bridgehead atoms. The van der Waals surface area contributed by atoms with Crippen LogP contribution in [-0.4, -0.2) is 18.4 Å². The van der Waals surface area contributed by atoms with E-state index in [1.807, 2.05) is 79.7 Å². The molecule has 5 aromatic carbocycles. The van der Waals surface area contributed by atoms with Crippen molar-refractivity contribution >= 4 is 38.3 Å². The van der Waals surface area contributed by atoms with Gasteiger partial charge in [-0.2, -0.15) is 8.42 Å². The zero-order chi connectivity index (χ0) is 28.0. The van der Waals surface area contributed by atoms with E-state index in [4.69, 9.17) is 0 Å². The molecule has 4 nitrogen and oxygen atoms in total. The monoisotopic (exact) mass is 583 g/mol. The molecule has 0 fully saturated rings. The molecule has 0 heterocycles. The molecule has 5 aromatic rings. The normalized spacial score (nSPS) is 13.8. The van der Waals surface area contributed by atoms with Gasteiger partial charge in [-0.05, 0) is 55.3 Å². The summed E-state index contributed by atoms with van der Waals surface area (Å²) >= 11 is 0. The van der Waals surface area contributed by atoms with E-state index in [2.05, 4.69) is 28.0 Å². The molecule has 5 rings (SSSR count). The highest BCUT2D eigenvalue weighted by atomic mass is 32.3. The molecule has 202 valence electrons. The van der Waals surface area contributed by atoms with Gasteiger partial charge in [0.25, 0.3) is 10.0 Å². The van der Waals surface area contributed by atoms with Gasteiger partial charge in [-0.3, -0.25) is 0 Å². The lowest BCUT2D eigenvalue weighted by atomic mass is 10.2. The van der Waals surface area contributed by atoms with Crippen molar-refractivity contribution in [1.82, 2.24) is 0 Å². The molecule has 0 N–H and O–H groups in total. The summed E-state index contributed by atoms with van der Waals surface area (Å²) in [6, 6.07) is 45.6. The van der Waals surface area contributed by atoms with Crippen LogP contribution < -0.4 is 10.6 Å². The Morgan fingerprint density at radius 3 is 1.52 bits per heavy atom. The number of hydrogen-bond acceptors (Lipinski definition) is 3. The van der Waals surface area contributed by atoms with Crippen LogP contribution in [0.2, 0.25) is 0 Å². The summed E-state index contributed by atoms with van der Waals surface area (Å²) < 4.78 is 46.6. The second-order valence-corrected chi connectivity index (χ2v) is 15.9. The fraction of sp³-hybridized carbons (Fsp3) is 0.0909. The molecular weight excluding hydrogens is 553 g/mol. The summed E-state index contributed by atoms with van der Waals surface area (Å²) in [5, 5.41) is 2.24. The minimum Gasteiger partial charge on any atom is -0.244 e. The fourth-order valence-electron chi connectivity index (χ4n) is 4.61. The average Bonchev–Trinajstić information content (AvgIpc) is 2.99. The standard InChI is InChI=1S/C33H30NO3PS2/c1-27-22-24-32(25-23-27)40(36,37)34-39(35,31-20-12-5-13-21-31)26-33(28-14-6-2-7-15-28)38(29-16-8-3-9-17-29)30-18-10-4-11-19-30/h2-25,33H,26H2,1H3/t33-,39?/m0/s1. The third-order valence-electron chi connectivity index (χ3n) is 6.60. The highest BCUT2D eigenvalue weighted by Crippen LogP contribution is 2.51. The van der Waals surface area contributed by atoms with Crippen molar-refractivity contribution in [3.8, 4) is 0 Å².